The summed E-state index contributed by atoms with van der Waals surface area (Å²) in [5.41, 5.74) is 5.60. The Bertz CT molecular complexity index is 1320. The smallest absolute Gasteiger partial charge is 0.107 e. The predicted molar refractivity (Wildman–Crippen MR) is 155 cm³/mol. The van der Waals surface area contributed by atoms with Crippen molar-refractivity contribution in [3.05, 3.63) is 168 Å². The molecule has 2 atom stereocenters. The Morgan fingerprint density at radius 3 is 1.36 bits per heavy atom. The van der Waals surface area contributed by atoms with Crippen molar-refractivity contribution in [1.29, 1.82) is 0 Å². The lowest BCUT2D eigenvalue weighted by Crippen LogP contribution is -2.39. The number of anilines is 2. The minimum atomic E-state index is -0.123. The maximum atomic E-state index is 5.96. The molecule has 0 saturated heterocycles. The number of hydrogen-bond acceptors (Lipinski definition) is 2. The average Bonchev–Trinajstić information content (AvgIpc) is 2.97. The minimum Gasteiger partial charge on any atom is -0.367 e. The Morgan fingerprint density at radius 2 is 0.889 bits per heavy atom. The second-order valence-corrected chi connectivity index (χ2v) is 9.03. The molecule has 2 nitrogen and oxygen atoms in total. The number of nitrogens with zero attached hydrogens (tertiary/aromatic N) is 1. The van der Waals surface area contributed by atoms with Crippen molar-refractivity contribution < 1.29 is 0 Å². The van der Waals surface area contributed by atoms with Crippen molar-refractivity contribution in [3.63, 3.8) is 0 Å². The van der Waals surface area contributed by atoms with E-state index in [0.29, 0.717) is 0 Å². The summed E-state index contributed by atoms with van der Waals surface area (Å²) < 4.78 is 0. The van der Waals surface area contributed by atoms with Gasteiger partial charge in [-0.25, -0.2) is 0 Å². The topological polar surface area (TPSA) is 15.3 Å². The highest BCUT2D eigenvalue weighted by Crippen LogP contribution is 2.42. The normalized spacial score (nSPS) is 12.3. The number of para-hydroxylation sites is 2. The first-order valence-corrected chi connectivity index (χ1v) is 12.6. The molecular weight excluding hydrogens is 456 g/mol. The van der Waals surface area contributed by atoms with Gasteiger partial charge in [-0.05, 0) is 35.4 Å². The molecule has 0 heterocycles. The SMILES string of the molecule is S=C(NC(c1ccccc1)C(c1ccccc1)N(c1ccccc1)c1ccccc1)c1ccccc1. The van der Waals surface area contributed by atoms with E-state index in [4.69, 9.17) is 12.2 Å². The average molecular weight is 485 g/mol. The van der Waals surface area contributed by atoms with Gasteiger partial charge >= 0.3 is 0 Å². The van der Waals surface area contributed by atoms with Gasteiger partial charge in [0.05, 0.1) is 12.1 Å². The van der Waals surface area contributed by atoms with Gasteiger partial charge in [0.25, 0.3) is 0 Å². The molecule has 0 fully saturated rings. The van der Waals surface area contributed by atoms with Crippen molar-refractivity contribution >= 4 is 28.6 Å². The number of rotatable bonds is 8. The van der Waals surface area contributed by atoms with Crippen LogP contribution >= 0.6 is 12.2 Å². The fourth-order valence-corrected chi connectivity index (χ4v) is 4.87. The molecule has 0 radical (unpaired) electrons. The van der Waals surface area contributed by atoms with Gasteiger partial charge in [-0.1, -0.05) is 140 Å². The summed E-state index contributed by atoms with van der Waals surface area (Å²) in [5, 5.41) is 3.76. The summed E-state index contributed by atoms with van der Waals surface area (Å²) in [6.07, 6.45) is 0. The van der Waals surface area contributed by atoms with E-state index in [1.165, 1.54) is 11.1 Å². The van der Waals surface area contributed by atoms with Crippen LogP contribution in [0.3, 0.4) is 0 Å². The highest BCUT2D eigenvalue weighted by molar-refractivity contribution is 7.80. The van der Waals surface area contributed by atoms with Gasteiger partial charge in [-0.3, -0.25) is 0 Å². The molecular formula is C33H28N2S. The maximum Gasteiger partial charge on any atom is 0.107 e. The fraction of sp³-hybridized carbons (Fsp3) is 0.0606. The fourth-order valence-electron chi connectivity index (χ4n) is 4.61. The first kappa shape index (κ1) is 23.5. The zero-order chi connectivity index (χ0) is 24.6. The third-order valence-corrected chi connectivity index (χ3v) is 6.64. The van der Waals surface area contributed by atoms with Crippen molar-refractivity contribution in [2.24, 2.45) is 0 Å². The predicted octanol–water partition coefficient (Wildman–Crippen LogP) is 8.27. The molecule has 5 aromatic carbocycles. The van der Waals surface area contributed by atoms with E-state index in [-0.39, 0.29) is 12.1 Å². The summed E-state index contributed by atoms with van der Waals surface area (Å²) >= 11 is 5.96. The Labute approximate surface area is 218 Å². The third kappa shape index (κ3) is 5.37. The van der Waals surface area contributed by atoms with Crippen LogP contribution in [0.5, 0.6) is 0 Å². The number of nitrogens with one attached hydrogen (secondary N) is 1. The molecule has 0 aromatic heterocycles. The molecule has 176 valence electrons. The number of thiocarbonyl (C=S) groups is 1. The molecule has 0 bridgehead atoms. The molecule has 1 N–H and O–H groups in total. The van der Waals surface area contributed by atoms with Crippen LogP contribution in [0.4, 0.5) is 11.4 Å². The van der Waals surface area contributed by atoms with Crippen LogP contribution in [-0.2, 0) is 0 Å². The second kappa shape index (κ2) is 11.5. The number of hydrogen-bond donors (Lipinski definition) is 1. The van der Waals surface area contributed by atoms with Crippen LogP contribution in [0.15, 0.2) is 152 Å². The Balaban J connectivity index is 1.70. The van der Waals surface area contributed by atoms with Gasteiger partial charge < -0.3 is 10.2 Å². The summed E-state index contributed by atoms with van der Waals surface area (Å²) in [6, 6.07) is 52.4. The minimum absolute atomic E-state index is 0.0833. The van der Waals surface area contributed by atoms with Gasteiger partial charge in [-0.2, -0.15) is 0 Å². The quantitative estimate of drug-likeness (QED) is 0.223. The largest absolute Gasteiger partial charge is 0.367 e. The molecule has 36 heavy (non-hydrogen) atoms. The number of benzene rings is 5. The highest BCUT2D eigenvalue weighted by atomic mass is 32.1. The van der Waals surface area contributed by atoms with E-state index in [1.807, 2.05) is 18.2 Å². The van der Waals surface area contributed by atoms with Gasteiger partial charge in [0, 0.05) is 16.9 Å². The Morgan fingerprint density at radius 1 is 0.500 bits per heavy atom. The van der Waals surface area contributed by atoms with Crippen molar-refractivity contribution in [2.75, 3.05) is 4.90 Å². The van der Waals surface area contributed by atoms with Gasteiger partial charge in [0.1, 0.15) is 4.99 Å². The van der Waals surface area contributed by atoms with Crippen LogP contribution in [0.1, 0.15) is 28.8 Å². The van der Waals surface area contributed by atoms with Gasteiger partial charge in [0.2, 0.25) is 0 Å². The van der Waals surface area contributed by atoms with E-state index in [0.717, 1.165) is 21.9 Å². The zero-order valence-electron chi connectivity index (χ0n) is 19.9. The summed E-state index contributed by atoms with van der Waals surface area (Å²) in [7, 11) is 0. The third-order valence-electron chi connectivity index (χ3n) is 6.28. The first-order chi connectivity index (χ1) is 17.8. The molecule has 0 spiro atoms. The molecule has 0 aliphatic heterocycles. The van der Waals surface area contributed by atoms with E-state index in [1.54, 1.807) is 0 Å². The molecule has 5 rings (SSSR count). The lowest BCUT2D eigenvalue weighted by Gasteiger charge is -2.40. The lowest BCUT2D eigenvalue weighted by molar-refractivity contribution is 0.517. The Kier molecular flexibility index (Phi) is 7.50. The molecule has 0 saturated carbocycles. The molecule has 0 amide bonds. The van der Waals surface area contributed by atoms with Crippen molar-refractivity contribution in [1.82, 2.24) is 5.32 Å². The van der Waals surface area contributed by atoms with Crippen LogP contribution < -0.4 is 10.2 Å². The van der Waals surface area contributed by atoms with Gasteiger partial charge in [0.15, 0.2) is 0 Å². The molecule has 0 aliphatic rings. The maximum absolute atomic E-state index is 5.96. The summed E-state index contributed by atoms with van der Waals surface area (Å²) in [6.45, 7) is 0. The summed E-state index contributed by atoms with van der Waals surface area (Å²) in [5.74, 6) is 0. The van der Waals surface area contributed by atoms with E-state index >= 15 is 0 Å². The van der Waals surface area contributed by atoms with Crippen LogP contribution in [0.2, 0.25) is 0 Å². The monoisotopic (exact) mass is 484 g/mol. The Hall–Kier alpha value is -4.21. The second-order valence-electron chi connectivity index (χ2n) is 8.62. The van der Waals surface area contributed by atoms with Crippen LogP contribution in [-0.4, -0.2) is 4.99 Å². The molecule has 0 aliphatic carbocycles. The molecule has 2 unspecified atom stereocenters. The van der Waals surface area contributed by atoms with Crippen molar-refractivity contribution in [2.45, 2.75) is 12.1 Å². The molecule has 3 heteroatoms. The zero-order valence-corrected chi connectivity index (χ0v) is 20.8. The van der Waals surface area contributed by atoms with Crippen molar-refractivity contribution in [3.8, 4) is 0 Å². The van der Waals surface area contributed by atoms with E-state index < -0.39 is 0 Å². The standard InChI is InChI=1S/C33H28N2S/c36-33(28-20-10-3-11-21-28)34-31(26-16-6-1-7-17-26)32(27-18-8-2-9-19-27)35(29-22-12-4-13-23-29)30-24-14-5-15-25-30/h1-25,31-32H,(H,34,36). The molecule has 5 aromatic rings. The van der Waals surface area contributed by atoms with E-state index in [9.17, 15) is 0 Å². The summed E-state index contributed by atoms with van der Waals surface area (Å²) in [4.78, 5) is 3.14. The van der Waals surface area contributed by atoms with Crippen LogP contribution in [0.25, 0.3) is 0 Å². The first-order valence-electron chi connectivity index (χ1n) is 12.2. The van der Waals surface area contributed by atoms with Gasteiger partial charge in [-0.15, -0.1) is 0 Å². The highest BCUT2D eigenvalue weighted by Gasteiger charge is 2.32. The van der Waals surface area contributed by atoms with E-state index in [2.05, 4.69) is 144 Å². The van der Waals surface area contributed by atoms with Crippen LogP contribution in [0, 0.1) is 0 Å². The lowest BCUT2D eigenvalue weighted by atomic mass is 9.90.